The predicted molar refractivity (Wildman–Crippen MR) is 55.6 cm³/mol. The molecular formula is C10H11ClN2O. The molecule has 3 nitrogen and oxygen atoms in total. The standard InChI is InChI=1S/C10H11ClN2O/c1-7-2-3-12-9(4-7)13-6-8(11)5-10(13)14/h2-4,8H,5-6H2,1H3. The van der Waals surface area contributed by atoms with Crippen LogP contribution in [-0.2, 0) is 4.79 Å². The highest BCUT2D eigenvalue weighted by molar-refractivity contribution is 6.24. The summed E-state index contributed by atoms with van der Waals surface area (Å²) in [6.07, 6.45) is 2.12. The molecule has 1 amide bonds. The van der Waals surface area contributed by atoms with Crippen molar-refractivity contribution in [1.82, 2.24) is 4.98 Å². The third-order valence-electron chi connectivity index (χ3n) is 2.26. The van der Waals surface area contributed by atoms with Crippen molar-refractivity contribution in [3.63, 3.8) is 0 Å². The Morgan fingerprint density at radius 2 is 2.43 bits per heavy atom. The zero-order valence-corrected chi connectivity index (χ0v) is 8.66. The lowest BCUT2D eigenvalue weighted by Crippen LogP contribution is -2.25. The molecule has 0 radical (unpaired) electrons. The van der Waals surface area contributed by atoms with E-state index in [-0.39, 0.29) is 11.3 Å². The molecule has 4 heteroatoms. The van der Waals surface area contributed by atoms with E-state index in [1.54, 1.807) is 11.1 Å². The predicted octanol–water partition coefficient (Wildman–Crippen LogP) is 1.73. The second kappa shape index (κ2) is 3.58. The lowest BCUT2D eigenvalue weighted by Gasteiger charge is -2.14. The minimum Gasteiger partial charge on any atom is -0.295 e. The molecule has 14 heavy (non-hydrogen) atoms. The summed E-state index contributed by atoms with van der Waals surface area (Å²) in [5.74, 6) is 0.765. The van der Waals surface area contributed by atoms with Gasteiger partial charge in [-0.15, -0.1) is 11.6 Å². The summed E-state index contributed by atoms with van der Waals surface area (Å²) in [5, 5.41) is -0.0789. The van der Waals surface area contributed by atoms with E-state index in [0.717, 1.165) is 5.56 Å². The molecule has 0 N–H and O–H groups in total. The van der Waals surface area contributed by atoms with E-state index in [1.807, 2.05) is 19.1 Å². The number of alkyl halides is 1. The molecule has 0 bridgehead atoms. The number of halogens is 1. The number of anilines is 1. The zero-order valence-electron chi connectivity index (χ0n) is 7.90. The molecule has 0 aliphatic carbocycles. The molecule has 2 heterocycles. The molecule has 0 spiro atoms. The number of hydrogen-bond donors (Lipinski definition) is 0. The highest BCUT2D eigenvalue weighted by Gasteiger charge is 2.29. The first-order valence-electron chi connectivity index (χ1n) is 4.54. The highest BCUT2D eigenvalue weighted by Crippen LogP contribution is 2.22. The van der Waals surface area contributed by atoms with Crippen LogP contribution in [0.4, 0.5) is 5.82 Å². The first-order valence-corrected chi connectivity index (χ1v) is 4.97. The van der Waals surface area contributed by atoms with Crippen molar-refractivity contribution in [2.75, 3.05) is 11.4 Å². The van der Waals surface area contributed by atoms with E-state index in [4.69, 9.17) is 11.6 Å². The van der Waals surface area contributed by atoms with Gasteiger partial charge in [-0.25, -0.2) is 4.98 Å². The number of hydrogen-bond acceptors (Lipinski definition) is 2. The Hall–Kier alpha value is -1.09. The summed E-state index contributed by atoms with van der Waals surface area (Å²) in [4.78, 5) is 17.3. The van der Waals surface area contributed by atoms with E-state index in [1.165, 1.54) is 0 Å². The summed E-state index contributed by atoms with van der Waals surface area (Å²) < 4.78 is 0. The van der Waals surface area contributed by atoms with Gasteiger partial charge in [-0.3, -0.25) is 9.69 Å². The van der Waals surface area contributed by atoms with Gasteiger partial charge in [0.15, 0.2) is 0 Å². The third kappa shape index (κ3) is 1.73. The molecule has 1 atom stereocenters. The second-order valence-corrected chi connectivity index (χ2v) is 4.11. The average molecular weight is 211 g/mol. The summed E-state index contributed by atoms with van der Waals surface area (Å²) in [7, 11) is 0. The molecule has 1 unspecified atom stereocenters. The van der Waals surface area contributed by atoms with Crippen LogP contribution >= 0.6 is 11.6 Å². The fraction of sp³-hybridized carbons (Fsp3) is 0.400. The van der Waals surface area contributed by atoms with Gasteiger partial charge >= 0.3 is 0 Å². The molecule has 1 aromatic heterocycles. The van der Waals surface area contributed by atoms with Crippen LogP contribution in [0.2, 0.25) is 0 Å². The first-order chi connectivity index (χ1) is 6.66. The largest absolute Gasteiger partial charge is 0.295 e. The Kier molecular flexibility index (Phi) is 2.42. The lowest BCUT2D eigenvalue weighted by atomic mass is 10.3. The summed E-state index contributed by atoms with van der Waals surface area (Å²) in [5.41, 5.74) is 1.10. The highest BCUT2D eigenvalue weighted by atomic mass is 35.5. The van der Waals surface area contributed by atoms with Crippen molar-refractivity contribution < 1.29 is 4.79 Å². The number of aryl methyl sites for hydroxylation is 1. The van der Waals surface area contributed by atoms with E-state index in [2.05, 4.69) is 4.98 Å². The Bertz CT molecular complexity index is 367. The first kappa shape index (κ1) is 9.46. The van der Waals surface area contributed by atoms with E-state index >= 15 is 0 Å². The molecule has 0 aromatic carbocycles. The van der Waals surface area contributed by atoms with Gasteiger partial charge < -0.3 is 0 Å². The van der Waals surface area contributed by atoms with Crippen LogP contribution in [0.15, 0.2) is 18.3 Å². The van der Waals surface area contributed by atoms with E-state index in [0.29, 0.717) is 18.8 Å². The van der Waals surface area contributed by atoms with Gasteiger partial charge in [-0.1, -0.05) is 0 Å². The van der Waals surface area contributed by atoms with Crippen molar-refractivity contribution in [3.8, 4) is 0 Å². The maximum Gasteiger partial charge on any atom is 0.229 e. The van der Waals surface area contributed by atoms with Gasteiger partial charge in [0.25, 0.3) is 0 Å². The van der Waals surface area contributed by atoms with Gasteiger partial charge in [0, 0.05) is 19.2 Å². The third-order valence-corrected chi connectivity index (χ3v) is 2.55. The van der Waals surface area contributed by atoms with Gasteiger partial charge in [0.05, 0.1) is 5.38 Å². The van der Waals surface area contributed by atoms with E-state index < -0.39 is 0 Å². The molecule has 2 rings (SSSR count). The minimum atomic E-state index is -0.0789. The molecule has 1 aliphatic rings. The monoisotopic (exact) mass is 210 g/mol. The van der Waals surface area contributed by atoms with E-state index in [9.17, 15) is 4.79 Å². The van der Waals surface area contributed by atoms with Gasteiger partial charge in [0.2, 0.25) is 5.91 Å². The van der Waals surface area contributed by atoms with Crippen LogP contribution in [0, 0.1) is 6.92 Å². The second-order valence-electron chi connectivity index (χ2n) is 3.50. The molecule has 1 aromatic rings. The fourth-order valence-electron chi connectivity index (χ4n) is 1.55. The lowest BCUT2D eigenvalue weighted by molar-refractivity contribution is -0.117. The Balaban J connectivity index is 2.27. The molecule has 1 aliphatic heterocycles. The number of nitrogens with zero attached hydrogens (tertiary/aromatic N) is 2. The topological polar surface area (TPSA) is 33.2 Å². The quantitative estimate of drug-likeness (QED) is 0.662. The van der Waals surface area contributed by atoms with Gasteiger partial charge in [0.1, 0.15) is 5.82 Å². The fourth-order valence-corrected chi connectivity index (χ4v) is 1.82. The van der Waals surface area contributed by atoms with Gasteiger partial charge in [-0.2, -0.15) is 0 Å². The molecule has 1 fully saturated rings. The number of aromatic nitrogens is 1. The maximum absolute atomic E-state index is 11.5. The number of carbonyl (C=O) groups is 1. The minimum absolute atomic E-state index is 0.0584. The average Bonchev–Trinajstić information content (AvgIpc) is 2.45. The molecular weight excluding hydrogens is 200 g/mol. The van der Waals surface area contributed by atoms with Crippen LogP contribution in [0.3, 0.4) is 0 Å². The summed E-state index contributed by atoms with van der Waals surface area (Å²) in [6.45, 7) is 2.54. The Morgan fingerprint density at radius 1 is 1.64 bits per heavy atom. The normalized spacial score (nSPS) is 21.7. The zero-order chi connectivity index (χ0) is 10.1. The van der Waals surface area contributed by atoms with Crippen LogP contribution in [0.5, 0.6) is 0 Å². The Labute approximate surface area is 87.7 Å². The van der Waals surface area contributed by atoms with Gasteiger partial charge in [-0.05, 0) is 24.6 Å². The van der Waals surface area contributed by atoms with Crippen molar-refractivity contribution >= 4 is 23.3 Å². The van der Waals surface area contributed by atoms with Crippen molar-refractivity contribution in [2.24, 2.45) is 0 Å². The smallest absolute Gasteiger partial charge is 0.229 e. The number of amides is 1. The molecule has 74 valence electrons. The molecule has 0 saturated carbocycles. The number of carbonyl (C=O) groups excluding carboxylic acids is 1. The summed E-state index contributed by atoms with van der Waals surface area (Å²) in [6, 6.07) is 3.80. The number of pyridine rings is 1. The van der Waals surface area contributed by atoms with Crippen molar-refractivity contribution in [2.45, 2.75) is 18.7 Å². The van der Waals surface area contributed by atoms with Crippen molar-refractivity contribution in [3.05, 3.63) is 23.9 Å². The van der Waals surface area contributed by atoms with Crippen LogP contribution < -0.4 is 4.90 Å². The van der Waals surface area contributed by atoms with Crippen LogP contribution in [0.25, 0.3) is 0 Å². The number of rotatable bonds is 1. The van der Waals surface area contributed by atoms with Crippen LogP contribution in [-0.4, -0.2) is 22.8 Å². The molecule has 1 saturated heterocycles. The van der Waals surface area contributed by atoms with Crippen molar-refractivity contribution in [1.29, 1.82) is 0 Å². The summed E-state index contributed by atoms with van der Waals surface area (Å²) >= 11 is 5.90. The maximum atomic E-state index is 11.5. The SMILES string of the molecule is Cc1ccnc(N2CC(Cl)CC2=O)c1. The van der Waals surface area contributed by atoms with Crippen LogP contribution in [0.1, 0.15) is 12.0 Å². The Morgan fingerprint density at radius 3 is 3.00 bits per heavy atom.